The van der Waals surface area contributed by atoms with E-state index in [-0.39, 0.29) is 0 Å². The highest BCUT2D eigenvalue weighted by Gasteiger charge is 1.94. The summed E-state index contributed by atoms with van der Waals surface area (Å²) in [6.45, 7) is 1.80. The molecule has 4 N–H and O–H groups in total. The highest BCUT2D eigenvalue weighted by atomic mass is 16.5. The van der Waals surface area contributed by atoms with Crippen LogP contribution in [0.1, 0.15) is 5.69 Å². The van der Waals surface area contributed by atoms with Gasteiger partial charge >= 0.3 is 0 Å². The molecule has 1 aromatic rings. The number of nitrogens with two attached hydrogens (primary N) is 2. The van der Waals surface area contributed by atoms with Gasteiger partial charge in [-0.2, -0.15) is 0 Å². The zero-order valence-corrected chi connectivity index (χ0v) is 5.66. The summed E-state index contributed by atoms with van der Waals surface area (Å²) >= 11 is 0. The Morgan fingerprint density at radius 2 is 2.10 bits per heavy atom. The molecule has 0 aliphatic rings. The van der Waals surface area contributed by atoms with Crippen LogP contribution in [0.2, 0.25) is 0 Å². The van der Waals surface area contributed by atoms with E-state index in [1.54, 1.807) is 6.92 Å². The molecule has 4 heteroatoms. The van der Waals surface area contributed by atoms with E-state index in [1.165, 1.54) is 12.4 Å². The van der Waals surface area contributed by atoms with E-state index < -0.39 is 0 Å². The Morgan fingerprint density at radius 3 is 2.50 bits per heavy atom. The highest BCUT2D eigenvalue weighted by Crippen LogP contribution is 1.72. The van der Waals surface area contributed by atoms with Crippen molar-refractivity contribution >= 4 is 12.4 Å². The van der Waals surface area contributed by atoms with Crippen LogP contribution in [0.4, 0.5) is 0 Å². The molecule has 0 aliphatic heterocycles. The van der Waals surface area contributed by atoms with Gasteiger partial charge in [0.2, 0.25) is 0 Å². The summed E-state index contributed by atoms with van der Waals surface area (Å²) in [6, 6.07) is 0. The van der Waals surface area contributed by atoms with Crippen molar-refractivity contribution in [2.75, 3.05) is 0 Å². The number of nitrogens with zero attached hydrogens (tertiary/aromatic N) is 1. The summed E-state index contributed by atoms with van der Waals surface area (Å²) in [5, 5.41) is 4.41. The van der Waals surface area contributed by atoms with Crippen molar-refractivity contribution in [1.29, 1.82) is 0 Å². The molecule has 1 rings (SSSR count). The molecule has 0 unspecified atom stereocenters. The average Bonchev–Trinajstić information content (AvgIpc) is 2.30. The van der Waals surface area contributed by atoms with Crippen molar-refractivity contribution < 1.29 is 4.52 Å². The lowest BCUT2D eigenvalue weighted by Crippen LogP contribution is -2.24. The van der Waals surface area contributed by atoms with Gasteiger partial charge in [-0.1, -0.05) is 5.16 Å². The first kappa shape index (κ1) is 6.67. The third-order valence-electron chi connectivity index (χ3n) is 1.25. The first-order valence-electron chi connectivity index (χ1n) is 2.85. The van der Waals surface area contributed by atoms with Crippen molar-refractivity contribution in [1.82, 2.24) is 5.16 Å². The van der Waals surface area contributed by atoms with E-state index in [0.717, 1.165) is 10.9 Å². The van der Waals surface area contributed by atoms with Gasteiger partial charge in [0, 0.05) is 12.4 Å². The predicted octanol–water partition coefficient (Wildman–Crippen LogP) is -1.62. The normalized spacial score (nSPS) is 14.5. The van der Waals surface area contributed by atoms with Crippen molar-refractivity contribution in [2.45, 2.75) is 6.92 Å². The molecule has 0 amide bonds. The lowest BCUT2D eigenvalue weighted by molar-refractivity contribution is 0.389. The van der Waals surface area contributed by atoms with Crippen molar-refractivity contribution in [3.63, 3.8) is 0 Å². The molecule has 10 heavy (non-hydrogen) atoms. The van der Waals surface area contributed by atoms with Gasteiger partial charge in [-0.25, -0.2) is 0 Å². The summed E-state index contributed by atoms with van der Waals surface area (Å²) in [5.74, 6) is 0. The van der Waals surface area contributed by atoms with Crippen LogP contribution in [0.3, 0.4) is 0 Å². The molecule has 54 valence electrons. The smallest absolute Gasteiger partial charge is 0.183 e. The minimum absolute atomic E-state index is 0.514. The Labute approximate surface area is 57.8 Å². The number of aryl methyl sites for hydroxylation is 1. The average molecular weight is 139 g/mol. The Bertz CT molecular complexity index is 325. The number of rotatable bonds is 0. The largest absolute Gasteiger partial charge is 0.404 e. The maximum absolute atomic E-state index is 5.27. The molecular weight excluding hydrogens is 130 g/mol. The summed E-state index contributed by atoms with van der Waals surface area (Å²) in [5.41, 5.74) is 11.7. The Kier molecular flexibility index (Phi) is 1.62. The van der Waals surface area contributed by atoms with E-state index in [0.29, 0.717) is 5.42 Å². The molecular formula is C6H9N3O. The molecule has 0 saturated heterocycles. The fourth-order valence-electron chi connectivity index (χ4n) is 0.717. The monoisotopic (exact) mass is 139 g/mol. The molecule has 1 aromatic heterocycles. The van der Waals surface area contributed by atoms with Crippen LogP contribution in [-0.4, -0.2) is 5.16 Å². The van der Waals surface area contributed by atoms with Crippen LogP contribution in [0, 0.1) is 6.92 Å². The van der Waals surface area contributed by atoms with E-state index >= 15 is 0 Å². The number of hydrogen-bond donors (Lipinski definition) is 2. The molecule has 0 spiro atoms. The standard InChI is InChI=1S/C6H9N3O/c1-4-5(2-7)6(3-8)10-9-4/h2-3H,7-8H2,1H3/b5-2-,6-3+. The van der Waals surface area contributed by atoms with Crippen LogP contribution >= 0.6 is 0 Å². The van der Waals surface area contributed by atoms with Gasteiger partial charge in [0.25, 0.3) is 0 Å². The van der Waals surface area contributed by atoms with Crippen LogP contribution < -0.4 is 22.1 Å². The Balaban J connectivity index is 3.59. The van der Waals surface area contributed by atoms with E-state index in [1.807, 2.05) is 0 Å². The molecule has 4 nitrogen and oxygen atoms in total. The molecule has 0 atom stereocenters. The lowest BCUT2D eigenvalue weighted by Gasteiger charge is -1.73. The minimum Gasteiger partial charge on any atom is -0.404 e. The first-order valence-corrected chi connectivity index (χ1v) is 2.85. The van der Waals surface area contributed by atoms with Gasteiger partial charge in [0.05, 0.1) is 10.9 Å². The fourth-order valence-corrected chi connectivity index (χ4v) is 0.717. The summed E-state index contributed by atoms with van der Waals surface area (Å²) < 4.78 is 4.79. The first-order chi connectivity index (χ1) is 4.79. The summed E-state index contributed by atoms with van der Waals surface area (Å²) in [4.78, 5) is 0. The fraction of sp³-hybridized carbons (Fsp3) is 0.167. The summed E-state index contributed by atoms with van der Waals surface area (Å²) in [6.07, 6.45) is 2.75. The van der Waals surface area contributed by atoms with Crippen LogP contribution in [0.25, 0.3) is 12.4 Å². The van der Waals surface area contributed by atoms with E-state index in [2.05, 4.69) is 5.16 Å². The molecule has 1 heterocycles. The van der Waals surface area contributed by atoms with Crippen molar-refractivity contribution in [2.24, 2.45) is 11.5 Å². The van der Waals surface area contributed by atoms with Gasteiger partial charge in [-0.3, -0.25) is 0 Å². The van der Waals surface area contributed by atoms with Gasteiger partial charge in [0.1, 0.15) is 0 Å². The van der Waals surface area contributed by atoms with Crippen molar-refractivity contribution in [3.05, 3.63) is 16.3 Å². The molecule has 0 aromatic carbocycles. The van der Waals surface area contributed by atoms with Crippen LogP contribution in [-0.2, 0) is 0 Å². The molecule has 0 fully saturated rings. The topological polar surface area (TPSA) is 78.1 Å². The van der Waals surface area contributed by atoms with Crippen LogP contribution in [0.15, 0.2) is 4.52 Å². The van der Waals surface area contributed by atoms with Gasteiger partial charge in [-0.05, 0) is 6.92 Å². The Hall–Kier alpha value is -1.45. The van der Waals surface area contributed by atoms with Gasteiger partial charge < -0.3 is 16.0 Å². The SMILES string of the molecule is Cc1noc(=C/N)/c1=C\N. The third kappa shape index (κ3) is 0.834. The second kappa shape index (κ2) is 2.43. The third-order valence-corrected chi connectivity index (χ3v) is 1.25. The quantitative estimate of drug-likeness (QED) is 0.452. The number of aromatic nitrogens is 1. The zero-order chi connectivity index (χ0) is 7.56. The lowest BCUT2D eigenvalue weighted by atomic mass is 10.4. The van der Waals surface area contributed by atoms with Crippen LogP contribution in [0.5, 0.6) is 0 Å². The van der Waals surface area contributed by atoms with E-state index in [4.69, 9.17) is 16.0 Å². The van der Waals surface area contributed by atoms with Gasteiger partial charge in [-0.15, -0.1) is 0 Å². The zero-order valence-electron chi connectivity index (χ0n) is 5.66. The maximum atomic E-state index is 5.27. The second-order valence-corrected chi connectivity index (χ2v) is 1.88. The Morgan fingerprint density at radius 1 is 1.40 bits per heavy atom. The maximum Gasteiger partial charge on any atom is 0.183 e. The molecule has 0 bridgehead atoms. The molecule has 0 saturated carbocycles. The molecule has 0 radical (unpaired) electrons. The van der Waals surface area contributed by atoms with E-state index in [9.17, 15) is 0 Å². The summed E-state index contributed by atoms with van der Waals surface area (Å²) in [7, 11) is 0. The minimum atomic E-state index is 0.514. The van der Waals surface area contributed by atoms with Crippen molar-refractivity contribution in [3.8, 4) is 0 Å². The molecule has 0 aliphatic carbocycles. The van der Waals surface area contributed by atoms with Gasteiger partial charge in [0.15, 0.2) is 5.42 Å². The predicted molar refractivity (Wildman–Crippen MR) is 37.8 cm³/mol. The highest BCUT2D eigenvalue weighted by molar-refractivity contribution is 5.24. The number of hydrogen-bond acceptors (Lipinski definition) is 4. The second-order valence-electron chi connectivity index (χ2n) is 1.88.